The van der Waals surface area contributed by atoms with Gasteiger partial charge in [-0.05, 0) is 4.40 Å². The Morgan fingerprint density at radius 3 is 1.70 bits per heavy atom. The van der Waals surface area contributed by atoms with Crippen molar-refractivity contribution in [3.05, 3.63) is 0 Å². The first kappa shape index (κ1) is 11.9. The van der Waals surface area contributed by atoms with Crippen LogP contribution in [0.25, 0.3) is 0 Å². The van der Waals surface area contributed by atoms with Crippen molar-refractivity contribution in [3.63, 3.8) is 0 Å². The molecule has 1 aliphatic heterocycles. The molecule has 1 aliphatic rings. The number of aliphatic hydroxyl groups is 1. The van der Waals surface area contributed by atoms with E-state index in [0.29, 0.717) is 17.2 Å². The number of hydrogen-bond acceptors (Lipinski definition) is 2. The van der Waals surface area contributed by atoms with Crippen molar-refractivity contribution < 1.29 is 5.11 Å². The molecule has 10 heavy (non-hydrogen) atoms. The van der Waals surface area contributed by atoms with Gasteiger partial charge in [-0.25, -0.2) is 0 Å². The first-order chi connectivity index (χ1) is 4.37. The predicted octanol–water partition coefficient (Wildman–Crippen LogP) is 0.757. The zero-order valence-corrected chi connectivity index (χ0v) is 12.0. The molecule has 2 atom stereocenters. The Kier molecular flexibility index (Phi) is 5.04. The van der Waals surface area contributed by atoms with Gasteiger partial charge in [0.15, 0.2) is 0 Å². The first-order valence-corrected chi connectivity index (χ1v) is 13.2. The van der Waals surface area contributed by atoms with E-state index in [2.05, 4.69) is 23.5 Å². The molecule has 1 rings (SSSR count). The fraction of sp³-hybridized carbons (Fsp3) is 1.00. The topological polar surface area (TPSA) is 46.2 Å². The molecule has 1 radical (unpaired) electrons. The summed E-state index contributed by atoms with van der Waals surface area (Å²) in [6, 6.07) is 0. The average Bonchev–Trinajstić information content (AvgIpc) is 2.04. The molecule has 1 saturated heterocycles. The van der Waals surface area contributed by atoms with Gasteiger partial charge in [0.05, 0.1) is 0 Å². The molecular weight excluding hydrogens is 371 g/mol. The van der Waals surface area contributed by atoms with E-state index in [1.54, 1.807) is 6.92 Å². The molecule has 61 valence electrons. The minimum atomic E-state index is -0.493. The van der Waals surface area contributed by atoms with Gasteiger partial charge in [0, 0.05) is 4.46 Å². The van der Waals surface area contributed by atoms with Gasteiger partial charge in [-0.3, -0.25) is 0 Å². The quantitative estimate of drug-likeness (QED) is 0.368. The zero-order chi connectivity index (χ0) is 8.41. The van der Waals surface area contributed by atoms with E-state index in [-0.39, 0.29) is 19.6 Å². The molecule has 0 saturated carbocycles. The summed E-state index contributed by atoms with van der Waals surface area (Å²) in [6.07, 6.45) is 0. The van der Waals surface area contributed by atoms with Crippen molar-refractivity contribution in [2.75, 3.05) is 4.93 Å². The van der Waals surface area contributed by atoms with Crippen molar-refractivity contribution in [3.8, 4) is 0 Å². The third-order valence-corrected chi connectivity index (χ3v) is 3.62. The van der Waals surface area contributed by atoms with Crippen LogP contribution in [-0.4, -0.2) is 34.1 Å². The van der Waals surface area contributed by atoms with E-state index in [0.717, 1.165) is 0 Å². The van der Waals surface area contributed by atoms with E-state index in [1.807, 2.05) is 6.92 Å². The summed E-state index contributed by atoms with van der Waals surface area (Å²) in [5.74, 6) is 0. The molecule has 5 heteroatoms. The van der Waals surface area contributed by atoms with E-state index >= 15 is 0 Å². The molecular formula is C5H13AlI2NO. The number of nitrogens with two attached hydrogens (primary N) is 1. The van der Waals surface area contributed by atoms with Crippen LogP contribution in [0.4, 0.5) is 0 Å². The molecule has 0 aromatic heterocycles. The minimum absolute atomic E-state index is 0.0880. The van der Waals surface area contributed by atoms with E-state index in [1.165, 1.54) is 0 Å². The number of rotatable bonds is 0. The maximum atomic E-state index is 9.07. The normalized spacial score (nSPS) is 43.4. The Balaban J connectivity index is 0.000000236. The van der Waals surface area contributed by atoms with Crippen LogP contribution in [0.3, 0.4) is 0 Å². The van der Waals surface area contributed by atoms with Crippen LogP contribution in [0.15, 0.2) is 0 Å². The summed E-state index contributed by atoms with van der Waals surface area (Å²) in [4.78, 5) is 2.24. The molecule has 0 aliphatic carbocycles. The van der Waals surface area contributed by atoms with Crippen molar-refractivity contribution in [1.82, 2.24) is 0 Å². The third-order valence-electron chi connectivity index (χ3n) is 1.59. The first-order valence-electron chi connectivity index (χ1n) is 2.90. The van der Waals surface area contributed by atoms with E-state index in [9.17, 15) is 0 Å². The molecule has 1 fully saturated rings. The predicted molar refractivity (Wildman–Crippen MR) is 64.3 cm³/mol. The van der Waals surface area contributed by atoms with Crippen LogP contribution in [0.5, 0.6) is 0 Å². The zero-order valence-electron chi connectivity index (χ0n) is 6.39. The van der Waals surface area contributed by atoms with Crippen LogP contribution in [0, 0.1) is 0 Å². The monoisotopic (exact) mass is 384 g/mol. The summed E-state index contributed by atoms with van der Waals surface area (Å²) >= 11 is 2.95. The third kappa shape index (κ3) is 3.54. The van der Waals surface area contributed by atoms with Gasteiger partial charge in [-0.15, -0.1) is 0 Å². The number of hydrogen-bond donors (Lipinski definition) is 2. The van der Waals surface area contributed by atoms with Crippen LogP contribution in [-0.2, 0) is 0 Å². The summed E-state index contributed by atoms with van der Waals surface area (Å²) < 4.78 is -0.708. The van der Waals surface area contributed by atoms with E-state index in [4.69, 9.17) is 10.8 Å². The van der Waals surface area contributed by atoms with Crippen LogP contribution in [0.2, 0.25) is 0 Å². The molecule has 0 amide bonds. The second-order valence-electron chi connectivity index (χ2n) is 2.73. The second kappa shape index (κ2) is 4.23. The van der Waals surface area contributed by atoms with Gasteiger partial charge in [-0.2, -0.15) is 0 Å². The van der Waals surface area contributed by atoms with Gasteiger partial charge < -0.3 is 10.8 Å². The Labute approximate surface area is 88.5 Å². The van der Waals surface area contributed by atoms with Crippen LogP contribution >= 0.6 is 35.8 Å². The van der Waals surface area contributed by atoms with Crippen LogP contribution in [0.1, 0.15) is 13.8 Å². The standard InChI is InChI=1S/C4H9NO.CH4I2.Al/c1-3(5)4(2)6;1-3-2;/h6H,5H2,1-2H3;3H,1H3;. The summed E-state index contributed by atoms with van der Waals surface area (Å²) in [6.45, 7) is 3.69. The van der Waals surface area contributed by atoms with Crippen molar-refractivity contribution in [1.29, 1.82) is 0 Å². The Bertz CT molecular complexity index is 106. The SMILES string of the molecule is C[C]1(N)[Al][C]1(C)O.C[IH]I. The Morgan fingerprint density at radius 2 is 1.70 bits per heavy atom. The van der Waals surface area contributed by atoms with E-state index < -0.39 is 4.46 Å². The summed E-state index contributed by atoms with van der Waals surface area (Å²) in [5.41, 5.74) is 5.53. The van der Waals surface area contributed by atoms with Gasteiger partial charge in [0.25, 0.3) is 15.2 Å². The van der Waals surface area contributed by atoms with Crippen molar-refractivity contribution in [2.24, 2.45) is 5.73 Å². The molecule has 2 nitrogen and oxygen atoms in total. The molecule has 0 aromatic carbocycles. The second-order valence-corrected chi connectivity index (χ2v) is 12.1. The fourth-order valence-corrected chi connectivity index (χ4v) is 1.64. The number of alkyl halides is 1. The Hall–Kier alpha value is 1.91. The average molecular weight is 384 g/mol. The number of halogens is 2. The summed E-state index contributed by atoms with van der Waals surface area (Å²) in [7, 11) is 0. The fourth-order valence-electron chi connectivity index (χ4n) is 0.548. The van der Waals surface area contributed by atoms with Crippen LogP contribution < -0.4 is 5.73 Å². The molecule has 0 aromatic rings. The Morgan fingerprint density at radius 1 is 1.60 bits per heavy atom. The molecule has 0 spiro atoms. The maximum absolute atomic E-state index is 9.07. The molecule has 3 N–H and O–H groups in total. The van der Waals surface area contributed by atoms with Gasteiger partial charge in [-0.1, -0.05) is 13.8 Å². The van der Waals surface area contributed by atoms with Crippen molar-refractivity contribution in [2.45, 2.75) is 22.7 Å². The van der Waals surface area contributed by atoms with Crippen molar-refractivity contribution >= 4 is 51.1 Å². The molecule has 1 heterocycles. The van der Waals surface area contributed by atoms with Gasteiger partial charge in [0.2, 0.25) is 0 Å². The molecule has 0 bridgehead atoms. The molecule has 2 unspecified atom stereocenters. The van der Waals surface area contributed by atoms with Gasteiger partial charge in [0.1, 0.15) is 0 Å². The summed E-state index contributed by atoms with van der Waals surface area (Å²) in [5, 5.41) is 9.07. The van der Waals surface area contributed by atoms with Gasteiger partial charge >= 0.3 is 40.8 Å².